The Morgan fingerprint density at radius 2 is 1.02 bits per heavy atom. The first-order chi connectivity index (χ1) is 40.5. The molecule has 6 aromatic carbocycles. The van der Waals surface area contributed by atoms with Gasteiger partial charge >= 0.3 is 18.5 Å². The fourth-order valence-electron chi connectivity index (χ4n) is 10.3. The zero-order chi connectivity index (χ0) is 65.4. The molecule has 0 aliphatic carbocycles. The molecule has 3 aliphatic rings. The molecule has 6 aromatic rings. The molecule has 2 N–H and O–H groups in total. The maximum atomic E-state index is 13.8. The van der Waals surface area contributed by atoms with Crippen molar-refractivity contribution in [1.29, 1.82) is 0 Å². The molecule has 3 heterocycles. The molecule has 3 aliphatic heterocycles. The average Bonchev–Trinajstić information content (AvgIpc) is 0.796. The standard InChI is InChI=1S/C20H19F4NO4S.C20H20F4O5S2.C19H18ClF3O3S/c1-19(30(27,28)14-4-2-3-13(10-14)20(22,23)24)7-8-29-17(11-19)12-5-6-16(21)15(9-12)18(25)26;1-19(31(27,28)17-10-14(20(22,23)24)9-15(21)11-17)7-8-29-18(12-19)13-3-5-16(6-4-13)30(2,25)26;1-18(13-5-7-15(20)8-6-13)12-17(9-10-26-18)27(24,25)16-4-2-3-14(11-16)19(21,22)23/h2-6,9-10,17H,7-8,11H2,1H3,(H2,25,26);3-6,9-11,18H,7-8,12H2,1-2H3;2-8,11,17H,9-10,12H2,1H3. The lowest BCUT2D eigenvalue weighted by molar-refractivity contribution is -0.138. The molecule has 1 amide bonds. The van der Waals surface area contributed by atoms with Crippen molar-refractivity contribution in [3.05, 3.63) is 189 Å². The highest BCUT2D eigenvalue weighted by atomic mass is 35.5. The van der Waals surface area contributed by atoms with Gasteiger partial charge in [0, 0.05) is 31.1 Å². The third kappa shape index (κ3) is 15.6. The fraction of sp³-hybridized carbons (Fsp3) is 0.373. The predicted octanol–water partition coefficient (Wildman–Crippen LogP) is 13.6. The number of primary amides is 1. The van der Waals surface area contributed by atoms with Crippen molar-refractivity contribution in [3.63, 3.8) is 0 Å². The summed E-state index contributed by atoms with van der Waals surface area (Å²) in [5.74, 6) is -3.09. The summed E-state index contributed by atoms with van der Waals surface area (Å²) < 4.78 is 261. The number of nitrogens with two attached hydrogens (primary N) is 1. The van der Waals surface area contributed by atoms with Gasteiger partial charge in [-0.25, -0.2) is 42.5 Å². The lowest BCUT2D eigenvalue weighted by atomic mass is 9.88. The molecule has 29 heteroatoms. The molecule has 478 valence electrons. The number of sulfone groups is 4. The Kier molecular flexibility index (Phi) is 20.3. The van der Waals surface area contributed by atoms with Gasteiger partial charge in [-0.2, -0.15) is 39.5 Å². The number of alkyl halides is 9. The van der Waals surface area contributed by atoms with Crippen LogP contribution in [-0.4, -0.2) is 80.4 Å². The number of halogens is 12. The van der Waals surface area contributed by atoms with Crippen molar-refractivity contribution in [1.82, 2.24) is 0 Å². The number of benzene rings is 6. The maximum absolute atomic E-state index is 13.8. The Bertz CT molecular complexity index is 4020. The maximum Gasteiger partial charge on any atom is 0.416 e. The van der Waals surface area contributed by atoms with Gasteiger partial charge in [0.05, 0.1) is 74.4 Å². The molecular weight excluding hydrogens is 1290 g/mol. The minimum absolute atomic E-state index is 0.00508. The first kappa shape index (κ1) is 69.5. The van der Waals surface area contributed by atoms with Crippen LogP contribution in [-0.2, 0) is 77.7 Å². The molecule has 0 radical (unpaired) electrons. The van der Waals surface area contributed by atoms with Crippen LogP contribution < -0.4 is 5.73 Å². The van der Waals surface area contributed by atoms with Crippen molar-refractivity contribution >= 4 is 56.9 Å². The molecule has 0 aromatic heterocycles. The molecular formula is C59H57ClF11NO12S4. The number of rotatable bonds is 11. The zero-order valence-corrected chi connectivity index (χ0v) is 51.0. The van der Waals surface area contributed by atoms with E-state index in [1.807, 2.05) is 0 Å². The Morgan fingerprint density at radius 3 is 1.53 bits per heavy atom. The van der Waals surface area contributed by atoms with E-state index >= 15 is 0 Å². The number of hydrogen-bond acceptors (Lipinski definition) is 12. The van der Waals surface area contributed by atoms with Gasteiger partial charge in [0.1, 0.15) is 11.6 Å². The van der Waals surface area contributed by atoms with E-state index < -0.39 is 134 Å². The number of ether oxygens (including phenoxy) is 3. The van der Waals surface area contributed by atoms with E-state index in [4.69, 9.17) is 31.5 Å². The van der Waals surface area contributed by atoms with Crippen molar-refractivity contribution in [2.75, 3.05) is 26.1 Å². The van der Waals surface area contributed by atoms with Crippen molar-refractivity contribution in [2.45, 2.75) is 130 Å². The largest absolute Gasteiger partial charge is 0.416 e. The van der Waals surface area contributed by atoms with E-state index in [2.05, 4.69) is 0 Å². The highest BCUT2D eigenvalue weighted by Crippen LogP contribution is 2.46. The number of hydrogen-bond donors (Lipinski definition) is 1. The first-order valence-corrected chi connectivity index (χ1v) is 33.3. The normalized spacial score (nSPS) is 23.2. The second-order valence-electron chi connectivity index (χ2n) is 21.9. The fourth-order valence-corrected chi connectivity index (χ4v) is 16.6. The summed E-state index contributed by atoms with van der Waals surface area (Å²) in [6.07, 6.45) is -14.4. The van der Waals surface area contributed by atoms with Crippen LogP contribution in [0.4, 0.5) is 48.3 Å². The Morgan fingerprint density at radius 1 is 0.545 bits per heavy atom. The smallest absolute Gasteiger partial charge is 0.373 e. The van der Waals surface area contributed by atoms with Gasteiger partial charge < -0.3 is 19.9 Å². The Hall–Kier alpha value is -6.01. The second kappa shape index (κ2) is 25.7. The summed E-state index contributed by atoms with van der Waals surface area (Å²) in [7, 11) is -15.9. The van der Waals surface area contributed by atoms with Crippen LogP contribution in [0.15, 0.2) is 153 Å². The van der Waals surface area contributed by atoms with Crippen LogP contribution in [0.3, 0.4) is 0 Å². The summed E-state index contributed by atoms with van der Waals surface area (Å²) in [5, 5.41) is -0.290. The lowest BCUT2D eigenvalue weighted by Gasteiger charge is -2.38. The SMILES string of the molecule is CC1(S(=O)(=O)c2cc(F)cc(C(F)(F)F)c2)CCOC(c2ccc(S(C)(=O)=O)cc2)C1.CC1(S(=O)(=O)c2cccc(C(F)(F)F)c2)CCOC(c2ccc(F)c(C(N)=O)c2)C1.CC1(c2ccc(Cl)cc2)CC(S(=O)(=O)c2cccc(C(F)(F)F)c2)CCO1. The quantitative estimate of drug-likeness (QED) is 0.120. The van der Waals surface area contributed by atoms with Gasteiger partial charge in [-0.1, -0.05) is 54.1 Å². The molecule has 3 fully saturated rings. The topological polar surface area (TPSA) is 207 Å². The van der Waals surface area contributed by atoms with E-state index in [0.29, 0.717) is 40.4 Å². The first-order valence-electron chi connectivity index (χ1n) is 26.5. The van der Waals surface area contributed by atoms with Crippen LogP contribution in [0.5, 0.6) is 0 Å². The molecule has 0 saturated carbocycles. The number of carbonyl (C=O) groups excluding carboxylic acids is 1. The Labute approximate surface area is 506 Å². The van der Waals surface area contributed by atoms with E-state index in [-0.39, 0.29) is 79.8 Å². The van der Waals surface area contributed by atoms with Crippen LogP contribution in [0, 0.1) is 11.6 Å². The monoisotopic (exact) mass is 1340 g/mol. The van der Waals surface area contributed by atoms with Crippen LogP contribution in [0.2, 0.25) is 5.02 Å². The van der Waals surface area contributed by atoms with Gasteiger partial charge in [-0.3, -0.25) is 4.79 Å². The van der Waals surface area contributed by atoms with Gasteiger partial charge in [0.25, 0.3) is 5.91 Å². The number of amides is 1. The molecule has 6 atom stereocenters. The van der Waals surface area contributed by atoms with Crippen molar-refractivity contribution in [2.24, 2.45) is 5.73 Å². The molecule has 0 bridgehead atoms. The molecule has 0 spiro atoms. The van der Waals surface area contributed by atoms with Crippen molar-refractivity contribution in [3.8, 4) is 0 Å². The van der Waals surface area contributed by atoms with Gasteiger partial charge in [0.2, 0.25) is 0 Å². The third-order valence-corrected chi connectivity index (χ3v) is 24.2. The van der Waals surface area contributed by atoms with Crippen LogP contribution in [0.1, 0.15) is 115 Å². The molecule has 88 heavy (non-hydrogen) atoms. The minimum atomic E-state index is -4.90. The predicted molar refractivity (Wildman–Crippen MR) is 301 cm³/mol. The highest BCUT2D eigenvalue weighted by molar-refractivity contribution is 7.93. The number of carbonyl (C=O) groups is 1. The van der Waals surface area contributed by atoms with Crippen LogP contribution >= 0.6 is 11.6 Å². The molecule has 13 nitrogen and oxygen atoms in total. The summed E-state index contributed by atoms with van der Waals surface area (Å²) >= 11 is 5.90. The molecule has 3 saturated heterocycles. The lowest BCUT2D eigenvalue weighted by Crippen LogP contribution is -2.42. The summed E-state index contributed by atoms with van der Waals surface area (Å²) in [6.45, 7) is 4.84. The zero-order valence-electron chi connectivity index (χ0n) is 46.9. The van der Waals surface area contributed by atoms with Gasteiger partial charge in [-0.05, 0) is 167 Å². The van der Waals surface area contributed by atoms with Gasteiger partial charge in [0.15, 0.2) is 39.3 Å². The summed E-state index contributed by atoms with van der Waals surface area (Å²) in [5.41, 5.74) is 2.19. The van der Waals surface area contributed by atoms with E-state index in [0.717, 1.165) is 48.2 Å². The average molecular weight is 1340 g/mol. The van der Waals surface area contributed by atoms with E-state index in [1.54, 1.807) is 31.2 Å². The van der Waals surface area contributed by atoms with E-state index in [9.17, 15) is 86.8 Å². The molecule has 9 rings (SSSR count). The van der Waals surface area contributed by atoms with Crippen LogP contribution in [0.25, 0.3) is 0 Å². The van der Waals surface area contributed by atoms with Crippen molar-refractivity contribution < 1.29 is 101 Å². The third-order valence-electron chi connectivity index (χ3n) is 15.6. The summed E-state index contributed by atoms with van der Waals surface area (Å²) in [6, 6.07) is 25.0. The van der Waals surface area contributed by atoms with E-state index in [1.165, 1.54) is 56.3 Å². The van der Waals surface area contributed by atoms with Gasteiger partial charge in [-0.15, -0.1) is 0 Å². The molecule has 6 unspecified atom stereocenters. The Balaban J connectivity index is 0.000000189. The minimum Gasteiger partial charge on any atom is -0.373 e. The highest BCUT2D eigenvalue weighted by Gasteiger charge is 2.48. The summed E-state index contributed by atoms with van der Waals surface area (Å²) in [4.78, 5) is 9.99. The second-order valence-corrected chi connectivity index (χ2v) is 31.6.